The minimum Gasteiger partial charge on any atom is -0.388 e. The number of rotatable bonds is 4. The summed E-state index contributed by atoms with van der Waals surface area (Å²) in [6, 6.07) is 9.19. The molecule has 0 aliphatic heterocycles. The SMILES string of the molecule is CNc1ccc(C(=O)CCC#N)cc1. The van der Waals surface area contributed by atoms with E-state index in [0.717, 1.165) is 5.69 Å². The lowest BCUT2D eigenvalue weighted by Crippen LogP contribution is -1.98. The van der Waals surface area contributed by atoms with Crippen molar-refractivity contribution in [2.45, 2.75) is 12.8 Å². The summed E-state index contributed by atoms with van der Waals surface area (Å²) in [5, 5.41) is 11.3. The highest BCUT2D eigenvalue weighted by Gasteiger charge is 2.04. The predicted octanol–water partition coefficient (Wildman–Crippen LogP) is 2.21. The molecule has 1 aromatic rings. The molecule has 72 valence electrons. The molecule has 0 aliphatic rings. The van der Waals surface area contributed by atoms with Crippen LogP contribution in [0.5, 0.6) is 0 Å². The number of nitriles is 1. The van der Waals surface area contributed by atoms with Gasteiger partial charge in [-0.2, -0.15) is 5.26 Å². The molecule has 1 N–H and O–H groups in total. The van der Waals surface area contributed by atoms with E-state index < -0.39 is 0 Å². The molecule has 0 saturated carbocycles. The van der Waals surface area contributed by atoms with Crippen LogP contribution in [0.3, 0.4) is 0 Å². The Morgan fingerprint density at radius 2 is 2.07 bits per heavy atom. The molecule has 0 radical (unpaired) electrons. The Kier molecular flexibility index (Phi) is 3.69. The van der Waals surface area contributed by atoms with E-state index in [1.165, 1.54) is 0 Å². The van der Waals surface area contributed by atoms with Crippen LogP contribution in [-0.4, -0.2) is 12.8 Å². The summed E-state index contributed by atoms with van der Waals surface area (Å²) in [6.07, 6.45) is 0.585. The van der Waals surface area contributed by atoms with Gasteiger partial charge in [-0.15, -0.1) is 0 Å². The molecule has 1 aromatic carbocycles. The minimum atomic E-state index is 0.0224. The Hall–Kier alpha value is -1.82. The van der Waals surface area contributed by atoms with Crippen LogP contribution in [0.4, 0.5) is 5.69 Å². The number of ketones is 1. The molecule has 3 heteroatoms. The number of hydrogen-bond acceptors (Lipinski definition) is 3. The summed E-state index contributed by atoms with van der Waals surface area (Å²) >= 11 is 0. The first-order chi connectivity index (χ1) is 6.77. The molecule has 1 rings (SSSR count). The van der Waals surface area contributed by atoms with Crippen LogP contribution in [0.15, 0.2) is 24.3 Å². The zero-order valence-corrected chi connectivity index (χ0v) is 8.08. The number of hydrogen-bond donors (Lipinski definition) is 1. The van der Waals surface area contributed by atoms with E-state index in [9.17, 15) is 4.79 Å². The zero-order chi connectivity index (χ0) is 10.4. The maximum Gasteiger partial charge on any atom is 0.163 e. The summed E-state index contributed by atoms with van der Waals surface area (Å²) < 4.78 is 0. The normalized spacial score (nSPS) is 9.14. The van der Waals surface area contributed by atoms with Crippen LogP contribution in [0, 0.1) is 11.3 Å². The third-order valence-electron chi connectivity index (χ3n) is 1.96. The van der Waals surface area contributed by atoms with Crippen molar-refractivity contribution in [2.24, 2.45) is 0 Å². The van der Waals surface area contributed by atoms with E-state index in [2.05, 4.69) is 5.32 Å². The van der Waals surface area contributed by atoms with Gasteiger partial charge in [-0.3, -0.25) is 4.79 Å². The standard InChI is InChI=1S/C11H12N2O/c1-13-10-6-4-9(5-7-10)11(14)3-2-8-12/h4-7,13H,2-3H2,1H3. The van der Waals surface area contributed by atoms with E-state index in [1.807, 2.05) is 25.2 Å². The van der Waals surface area contributed by atoms with E-state index in [4.69, 9.17) is 5.26 Å². The number of anilines is 1. The first kappa shape index (κ1) is 10.3. The largest absolute Gasteiger partial charge is 0.388 e. The van der Waals surface area contributed by atoms with Crippen molar-refractivity contribution in [2.75, 3.05) is 12.4 Å². The molecule has 0 amide bonds. The third-order valence-corrected chi connectivity index (χ3v) is 1.96. The Morgan fingerprint density at radius 3 is 2.57 bits per heavy atom. The second-order valence-electron chi connectivity index (χ2n) is 2.91. The maximum atomic E-state index is 11.4. The van der Waals surface area contributed by atoms with E-state index in [0.29, 0.717) is 12.0 Å². The van der Waals surface area contributed by atoms with Crippen molar-refractivity contribution >= 4 is 11.5 Å². The van der Waals surface area contributed by atoms with Crippen LogP contribution in [0.25, 0.3) is 0 Å². The van der Waals surface area contributed by atoms with Gasteiger partial charge in [-0.1, -0.05) is 0 Å². The molecule has 0 fully saturated rings. The van der Waals surface area contributed by atoms with Gasteiger partial charge in [0.25, 0.3) is 0 Å². The van der Waals surface area contributed by atoms with Gasteiger partial charge in [0.2, 0.25) is 0 Å². The molecule has 3 nitrogen and oxygen atoms in total. The monoisotopic (exact) mass is 188 g/mol. The topological polar surface area (TPSA) is 52.9 Å². The first-order valence-electron chi connectivity index (χ1n) is 4.46. The average Bonchev–Trinajstić information content (AvgIpc) is 2.26. The molecular formula is C11H12N2O. The summed E-state index contributed by atoms with van der Waals surface area (Å²) in [5.74, 6) is 0.0224. The molecule has 14 heavy (non-hydrogen) atoms. The van der Waals surface area contributed by atoms with Crippen LogP contribution < -0.4 is 5.32 Å². The lowest BCUT2D eigenvalue weighted by molar-refractivity contribution is 0.0984. The number of nitrogens with zero attached hydrogens (tertiary/aromatic N) is 1. The summed E-state index contributed by atoms with van der Waals surface area (Å²) in [6.45, 7) is 0. The lowest BCUT2D eigenvalue weighted by atomic mass is 10.1. The van der Waals surface area contributed by atoms with Crippen molar-refractivity contribution in [1.82, 2.24) is 0 Å². The van der Waals surface area contributed by atoms with Crippen LogP contribution >= 0.6 is 0 Å². The van der Waals surface area contributed by atoms with Crippen LogP contribution in [0.2, 0.25) is 0 Å². The fraction of sp³-hybridized carbons (Fsp3) is 0.273. The van der Waals surface area contributed by atoms with Crippen molar-refractivity contribution < 1.29 is 4.79 Å². The molecule has 0 spiro atoms. The summed E-state index contributed by atoms with van der Waals surface area (Å²) in [5.41, 5.74) is 1.64. The van der Waals surface area contributed by atoms with Gasteiger partial charge in [-0.05, 0) is 24.3 Å². The van der Waals surface area contributed by atoms with Crippen molar-refractivity contribution in [1.29, 1.82) is 5.26 Å². The van der Waals surface area contributed by atoms with Gasteiger partial charge in [-0.25, -0.2) is 0 Å². The lowest BCUT2D eigenvalue weighted by Gasteiger charge is -2.01. The highest BCUT2D eigenvalue weighted by molar-refractivity contribution is 5.96. The van der Waals surface area contributed by atoms with Crippen LogP contribution in [-0.2, 0) is 0 Å². The Balaban J connectivity index is 2.67. The number of carbonyl (C=O) groups is 1. The Labute approximate surface area is 83.4 Å². The van der Waals surface area contributed by atoms with Crippen molar-refractivity contribution in [3.8, 4) is 6.07 Å². The fourth-order valence-electron chi connectivity index (χ4n) is 1.14. The third kappa shape index (κ3) is 2.60. The van der Waals surface area contributed by atoms with Gasteiger partial charge >= 0.3 is 0 Å². The van der Waals surface area contributed by atoms with Gasteiger partial charge in [0.05, 0.1) is 6.07 Å². The van der Waals surface area contributed by atoms with Crippen LogP contribution in [0.1, 0.15) is 23.2 Å². The predicted molar refractivity (Wildman–Crippen MR) is 55.2 cm³/mol. The molecule has 0 atom stereocenters. The average molecular weight is 188 g/mol. The molecular weight excluding hydrogens is 176 g/mol. The van der Waals surface area contributed by atoms with Gasteiger partial charge < -0.3 is 5.32 Å². The summed E-state index contributed by atoms with van der Waals surface area (Å²) in [4.78, 5) is 11.4. The number of benzene rings is 1. The second-order valence-corrected chi connectivity index (χ2v) is 2.91. The van der Waals surface area contributed by atoms with Gasteiger partial charge in [0.1, 0.15) is 0 Å². The maximum absolute atomic E-state index is 11.4. The Morgan fingerprint density at radius 1 is 1.43 bits per heavy atom. The molecule has 0 saturated heterocycles. The minimum absolute atomic E-state index is 0.0224. The number of carbonyl (C=O) groups excluding carboxylic acids is 1. The molecule has 0 bridgehead atoms. The van der Waals surface area contributed by atoms with Gasteiger partial charge in [0, 0.05) is 31.1 Å². The van der Waals surface area contributed by atoms with Crippen molar-refractivity contribution in [3.05, 3.63) is 29.8 Å². The molecule has 0 heterocycles. The number of Topliss-reactive ketones (excluding diaryl/α,β-unsaturated/α-hetero) is 1. The van der Waals surface area contributed by atoms with E-state index in [-0.39, 0.29) is 12.2 Å². The molecule has 0 aromatic heterocycles. The smallest absolute Gasteiger partial charge is 0.163 e. The highest BCUT2D eigenvalue weighted by Crippen LogP contribution is 2.10. The zero-order valence-electron chi connectivity index (χ0n) is 8.08. The summed E-state index contributed by atoms with van der Waals surface area (Å²) in [7, 11) is 1.83. The molecule has 0 unspecified atom stereocenters. The number of nitrogens with one attached hydrogen (secondary N) is 1. The van der Waals surface area contributed by atoms with E-state index >= 15 is 0 Å². The van der Waals surface area contributed by atoms with Crippen molar-refractivity contribution in [3.63, 3.8) is 0 Å². The highest BCUT2D eigenvalue weighted by atomic mass is 16.1. The van der Waals surface area contributed by atoms with Gasteiger partial charge in [0.15, 0.2) is 5.78 Å². The fourth-order valence-corrected chi connectivity index (χ4v) is 1.14. The Bertz CT molecular complexity index is 349. The molecule has 0 aliphatic carbocycles. The quantitative estimate of drug-likeness (QED) is 0.737. The van der Waals surface area contributed by atoms with E-state index in [1.54, 1.807) is 12.1 Å². The second kappa shape index (κ2) is 5.03. The first-order valence-corrected chi connectivity index (χ1v) is 4.46.